The minimum atomic E-state index is -0.795. The van der Waals surface area contributed by atoms with Gasteiger partial charge in [-0.2, -0.15) is 0 Å². The molecule has 1 aliphatic rings. The summed E-state index contributed by atoms with van der Waals surface area (Å²) in [6.45, 7) is 1.29. The van der Waals surface area contributed by atoms with Gasteiger partial charge in [0.1, 0.15) is 5.52 Å². The van der Waals surface area contributed by atoms with E-state index in [1.165, 1.54) is 0 Å². The molecule has 7 nitrogen and oxygen atoms in total. The molecule has 2 aromatic rings. The summed E-state index contributed by atoms with van der Waals surface area (Å²) in [7, 11) is 1.91. The second-order valence-electron chi connectivity index (χ2n) is 5.43. The molecular weight excluding hydrogens is 272 g/mol. The fourth-order valence-corrected chi connectivity index (χ4v) is 2.67. The Bertz CT molecular complexity index is 661. The third-order valence-electron chi connectivity index (χ3n) is 4.14. The van der Waals surface area contributed by atoms with E-state index in [-0.39, 0.29) is 0 Å². The lowest BCUT2D eigenvalue weighted by Gasteiger charge is -2.33. The zero-order chi connectivity index (χ0) is 14.9. The SMILES string of the molecule is Cn1cnc2c(NCC3(C(=O)O)CCOCC3)nccc21. The summed E-state index contributed by atoms with van der Waals surface area (Å²) in [6.07, 6.45) is 4.43. The molecule has 0 aromatic carbocycles. The Hall–Kier alpha value is -2.15. The number of hydrogen-bond donors (Lipinski definition) is 2. The first-order valence-corrected chi connectivity index (χ1v) is 6.93. The van der Waals surface area contributed by atoms with Crippen molar-refractivity contribution in [1.82, 2.24) is 14.5 Å². The molecule has 2 N–H and O–H groups in total. The minimum Gasteiger partial charge on any atom is -0.481 e. The number of carbonyl (C=O) groups is 1. The number of pyridine rings is 1. The van der Waals surface area contributed by atoms with Gasteiger partial charge in [-0.3, -0.25) is 4.79 Å². The molecule has 0 unspecified atom stereocenters. The van der Waals surface area contributed by atoms with Crippen LogP contribution in [0.4, 0.5) is 5.82 Å². The first-order valence-electron chi connectivity index (χ1n) is 6.93. The second-order valence-corrected chi connectivity index (χ2v) is 5.43. The highest BCUT2D eigenvalue weighted by atomic mass is 16.5. The van der Waals surface area contributed by atoms with Crippen LogP contribution in [0.25, 0.3) is 11.0 Å². The topological polar surface area (TPSA) is 89.3 Å². The average Bonchev–Trinajstić information content (AvgIpc) is 2.88. The van der Waals surface area contributed by atoms with Gasteiger partial charge in [-0.25, -0.2) is 9.97 Å². The van der Waals surface area contributed by atoms with Gasteiger partial charge in [0.2, 0.25) is 0 Å². The van der Waals surface area contributed by atoms with Gasteiger partial charge in [-0.1, -0.05) is 0 Å². The van der Waals surface area contributed by atoms with Crippen LogP contribution in [0.2, 0.25) is 0 Å². The third-order valence-corrected chi connectivity index (χ3v) is 4.14. The lowest BCUT2D eigenvalue weighted by atomic mass is 9.80. The van der Waals surface area contributed by atoms with Crippen LogP contribution >= 0.6 is 0 Å². The van der Waals surface area contributed by atoms with Crippen LogP contribution in [0.1, 0.15) is 12.8 Å². The fourth-order valence-electron chi connectivity index (χ4n) is 2.67. The van der Waals surface area contributed by atoms with Crippen molar-refractivity contribution in [3.63, 3.8) is 0 Å². The standard InChI is InChI=1S/C14H18N4O3/c1-18-9-17-11-10(18)2-5-15-12(11)16-8-14(13(19)20)3-6-21-7-4-14/h2,5,9H,3-4,6-8H2,1H3,(H,15,16)(H,19,20). The van der Waals surface area contributed by atoms with Crippen molar-refractivity contribution in [1.29, 1.82) is 0 Å². The monoisotopic (exact) mass is 290 g/mol. The number of ether oxygens (including phenoxy) is 1. The number of fused-ring (bicyclic) bond motifs is 1. The highest BCUT2D eigenvalue weighted by molar-refractivity contribution is 5.86. The van der Waals surface area contributed by atoms with E-state index in [1.807, 2.05) is 17.7 Å². The Morgan fingerprint density at radius 1 is 1.48 bits per heavy atom. The van der Waals surface area contributed by atoms with Crippen LogP contribution in [0.3, 0.4) is 0 Å². The Labute approximate surface area is 122 Å². The van der Waals surface area contributed by atoms with E-state index in [9.17, 15) is 9.90 Å². The highest BCUT2D eigenvalue weighted by Gasteiger charge is 2.40. The second kappa shape index (κ2) is 5.33. The third kappa shape index (κ3) is 2.44. The number of imidazole rings is 1. The maximum absolute atomic E-state index is 11.6. The predicted octanol–water partition coefficient (Wildman–Crippen LogP) is 1.26. The molecule has 1 aliphatic heterocycles. The summed E-state index contributed by atoms with van der Waals surface area (Å²) < 4.78 is 7.18. The Balaban J connectivity index is 1.83. The van der Waals surface area contributed by atoms with Crippen molar-refractivity contribution in [3.05, 3.63) is 18.6 Å². The summed E-state index contributed by atoms with van der Waals surface area (Å²) in [5.74, 6) is -0.160. The fraction of sp³-hybridized carbons (Fsp3) is 0.500. The smallest absolute Gasteiger partial charge is 0.311 e. The Kier molecular flexibility index (Phi) is 3.50. The maximum atomic E-state index is 11.6. The molecular formula is C14H18N4O3. The number of carboxylic acids is 1. The molecule has 0 aliphatic carbocycles. The van der Waals surface area contributed by atoms with Crippen LogP contribution in [0, 0.1) is 5.41 Å². The van der Waals surface area contributed by atoms with E-state index in [1.54, 1.807) is 12.5 Å². The Morgan fingerprint density at radius 2 is 2.24 bits per heavy atom. The largest absolute Gasteiger partial charge is 0.481 e. The van der Waals surface area contributed by atoms with Crippen LogP contribution < -0.4 is 5.32 Å². The quantitative estimate of drug-likeness (QED) is 0.881. The molecule has 0 radical (unpaired) electrons. The van der Waals surface area contributed by atoms with Crippen LogP contribution in [-0.2, 0) is 16.6 Å². The summed E-state index contributed by atoms with van der Waals surface area (Å²) in [4.78, 5) is 20.2. The van der Waals surface area contributed by atoms with Crippen LogP contribution in [0.15, 0.2) is 18.6 Å². The van der Waals surface area contributed by atoms with Crippen LogP contribution in [-0.4, -0.2) is 45.4 Å². The Morgan fingerprint density at radius 3 is 2.95 bits per heavy atom. The zero-order valence-corrected chi connectivity index (χ0v) is 11.9. The molecule has 7 heteroatoms. The number of carboxylic acid groups (broad SMARTS) is 1. The molecule has 0 amide bonds. The lowest BCUT2D eigenvalue weighted by molar-refractivity contribution is -0.153. The van der Waals surface area contributed by atoms with Gasteiger partial charge in [0.05, 0.1) is 17.3 Å². The molecule has 0 atom stereocenters. The van der Waals surface area contributed by atoms with Crippen molar-refractivity contribution in [2.75, 3.05) is 25.1 Å². The van der Waals surface area contributed by atoms with E-state index in [4.69, 9.17) is 4.74 Å². The maximum Gasteiger partial charge on any atom is 0.311 e. The predicted molar refractivity (Wildman–Crippen MR) is 77.1 cm³/mol. The van der Waals surface area contributed by atoms with Crippen molar-refractivity contribution >= 4 is 22.8 Å². The number of nitrogens with one attached hydrogen (secondary N) is 1. The normalized spacial score (nSPS) is 17.8. The molecule has 0 saturated carbocycles. The van der Waals surface area contributed by atoms with Crippen molar-refractivity contribution < 1.29 is 14.6 Å². The van der Waals surface area contributed by atoms with Gasteiger partial charge >= 0.3 is 5.97 Å². The van der Waals surface area contributed by atoms with Crippen molar-refractivity contribution in [2.24, 2.45) is 12.5 Å². The minimum absolute atomic E-state index is 0.328. The number of aromatic nitrogens is 3. The van der Waals surface area contributed by atoms with E-state index in [0.717, 1.165) is 11.0 Å². The number of anilines is 1. The van der Waals surface area contributed by atoms with Crippen molar-refractivity contribution in [2.45, 2.75) is 12.8 Å². The molecule has 112 valence electrons. The first kappa shape index (κ1) is 13.8. The number of rotatable bonds is 4. The first-order chi connectivity index (χ1) is 10.1. The number of aliphatic carboxylic acids is 1. The van der Waals surface area contributed by atoms with Gasteiger partial charge in [-0.05, 0) is 18.9 Å². The highest BCUT2D eigenvalue weighted by Crippen LogP contribution is 2.31. The van der Waals surface area contributed by atoms with Crippen LogP contribution in [0.5, 0.6) is 0 Å². The summed E-state index contributed by atoms with van der Waals surface area (Å²) in [6, 6.07) is 1.88. The van der Waals surface area contributed by atoms with E-state index >= 15 is 0 Å². The molecule has 2 aromatic heterocycles. The molecule has 0 bridgehead atoms. The van der Waals surface area contributed by atoms with E-state index in [0.29, 0.717) is 38.4 Å². The van der Waals surface area contributed by atoms with Gasteiger partial charge in [0.25, 0.3) is 0 Å². The van der Waals surface area contributed by atoms with Gasteiger partial charge < -0.3 is 19.7 Å². The zero-order valence-electron chi connectivity index (χ0n) is 11.9. The molecule has 0 spiro atoms. The van der Waals surface area contributed by atoms with Gasteiger partial charge in [-0.15, -0.1) is 0 Å². The summed E-state index contributed by atoms with van der Waals surface area (Å²) >= 11 is 0. The molecule has 21 heavy (non-hydrogen) atoms. The summed E-state index contributed by atoms with van der Waals surface area (Å²) in [5, 5.41) is 12.7. The summed E-state index contributed by atoms with van der Waals surface area (Å²) in [5.41, 5.74) is 0.924. The molecule has 3 rings (SSSR count). The van der Waals surface area contributed by atoms with Gasteiger partial charge in [0.15, 0.2) is 5.82 Å². The molecule has 1 fully saturated rings. The average molecular weight is 290 g/mol. The lowest BCUT2D eigenvalue weighted by Crippen LogP contribution is -2.42. The van der Waals surface area contributed by atoms with E-state index in [2.05, 4.69) is 15.3 Å². The van der Waals surface area contributed by atoms with Gasteiger partial charge in [0, 0.05) is 33.0 Å². The van der Waals surface area contributed by atoms with E-state index < -0.39 is 11.4 Å². The number of hydrogen-bond acceptors (Lipinski definition) is 5. The number of nitrogens with zero attached hydrogens (tertiary/aromatic N) is 3. The number of aryl methyl sites for hydroxylation is 1. The van der Waals surface area contributed by atoms with Crippen molar-refractivity contribution in [3.8, 4) is 0 Å². The molecule has 3 heterocycles. The molecule has 1 saturated heterocycles.